The monoisotopic (exact) mass is 429 g/mol. The van der Waals surface area contributed by atoms with E-state index in [2.05, 4.69) is 56.0 Å². The maximum atomic E-state index is 9.14. The second kappa shape index (κ2) is 9.97. The second-order valence-electron chi connectivity index (χ2n) is 7.53. The molecule has 2 aromatic rings. The van der Waals surface area contributed by atoms with Crippen molar-refractivity contribution in [1.29, 1.82) is 0 Å². The maximum Gasteiger partial charge on any atom is 0.232 e. The molecule has 0 spiro atoms. The lowest BCUT2D eigenvalue weighted by molar-refractivity contribution is 0.174. The number of nitrogens with one attached hydrogen (secondary N) is 1. The number of rotatable bonds is 9. The highest BCUT2D eigenvalue weighted by Gasteiger charge is 2.22. The van der Waals surface area contributed by atoms with Crippen LogP contribution in [0.5, 0.6) is 11.5 Å². The van der Waals surface area contributed by atoms with E-state index in [1.807, 2.05) is 6.07 Å². The number of benzene rings is 1. The molecule has 168 valence electrons. The van der Waals surface area contributed by atoms with E-state index in [0.29, 0.717) is 31.2 Å². The van der Waals surface area contributed by atoms with Crippen LogP contribution in [0.4, 0.5) is 17.8 Å². The fraction of sp³-hybridized carbons (Fsp3) is 0.571. The molecule has 10 nitrogen and oxygen atoms in total. The lowest BCUT2D eigenvalue weighted by atomic mass is 10.1. The molecule has 1 saturated heterocycles. The molecule has 2 aliphatic rings. The number of aromatic nitrogens is 3. The van der Waals surface area contributed by atoms with Gasteiger partial charge in [-0.1, -0.05) is 6.07 Å². The Morgan fingerprint density at radius 1 is 1.03 bits per heavy atom. The van der Waals surface area contributed by atoms with Crippen molar-refractivity contribution in [3.63, 3.8) is 0 Å². The van der Waals surface area contributed by atoms with Crippen LogP contribution in [0.25, 0.3) is 0 Å². The van der Waals surface area contributed by atoms with Gasteiger partial charge in [-0.2, -0.15) is 15.0 Å². The van der Waals surface area contributed by atoms with Crippen molar-refractivity contribution >= 4 is 17.8 Å². The van der Waals surface area contributed by atoms with Gasteiger partial charge in [-0.25, -0.2) is 0 Å². The Balaban J connectivity index is 1.41. The van der Waals surface area contributed by atoms with Crippen LogP contribution < -0.4 is 24.6 Å². The van der Waals surface area contributed by atoms with Crippen molar-refractivity contribution in [1.82, 2.24) is 19.9 Å². The number of hydrogen-bond acceptors (Lipinski definition) is 10. The van der Waals surface area contributed by atoms with E-state index in [1.54, 1.807) is 0 Å². The summed E-state index contributed by atoms with van der Waals surface area (Å²) in [7, 11) is 0. The van der Waals surface area contributed by atoms with Crippen LogP contribution in [0, 0.1) is 0 Å². The van der Waals surface area contributed by atoms with Gasteiger partial charge in [0.1, 0.15) is 0 Å². The number of piperazine rings is 1. The van der Waals surface area contributed by atoms with Gasteiger partial charge >= 0.3 is 0 Å². The molecule has 1 aromatic carbocycles. The Hall–Kier alpha value is -2.85. The summed E-state index contributed by atoms with van der Waals surface area (Å²) >= 11 is 0. The smallest absolute Gasteiger partial charge is 0.232 e. The summed E-state index contributed by atoms with van der Waals surface area (Å²) in [5, 5.41) is 12.2. The summed E-state index contributed by atoms with van der Waals surface area (Å²) in [4.78, 5) is 20.6. The zero-order chi connectivity index (χ0) is 21.6. The molecule has 0 atom stereocenters. The minimum Gasteiger partial charge on any atom is -0.454 e. The van der Waals surface area contributed by atoms with Gasteiger partial charge in [0.2, 0.25) is 24.6 Å². The first-order valence-corrected chi connectivity index (χ1v) is 10.9. The molecule has 1 fully saturated rings. The van der Waals surface area contributed by atoms with Gasteiger partial charge in [0.15, 0.2) is 11.5 Å². The highest BCUT2D eigenvalue weighted by atomic mass is 16.7. The SMILES string of the molecule is CCN(CC)c1nc(NCCO)nc(N2CCN(Cc3ccc4c(c3)OCO4)CC2)n1. The van der Waals surface area contributed by atoms with Gasteiger partial charge in [-0.3, -0.25) is 4.90 Å². The van der Waals surface area contributed by atoms with Crippen LogP contribution in [-0.4, -0.2) is 84.2 Å². The van der Waals surface area contributed by atoms with Crippen LogP contribution >= 0.6 is 0 Å². The average Bonchev–Trinajstić information content (AvgIpc) is 3.27. The van der Waals surface area contributed by atoms with Crippen molar-refractivity contribution in [3.05, 3.63) is 23.8 Å². The Labute approximate surface area is 182 Å². The Kier molecular flexibility index (Phi) is 6.88. The predicted molar refractivity (Wildman–Crippen MR) is 119 cm³/mol. The molecule has 0 unspecified atom stereocenters. The molecule has 3 heterocycles. The number of anilines is 3. The van der Waals surface area contributed by atoms with Crippen molar-refractivity contribution in [2.75, 3.05) is 74.3 Å². The van der Waals surface area contributed by atoms with Gasteiger partial charge in [0.25, 0.3) is 0 Å². The molecular formula is C21H31N7O3. The zero-order valence-electron chi connectivity index (χ0n) is 18.3. The summed E-state index contributed by atoms with van der Waals surface area (Å²) in [5.41, 5.74) is 1.22. The van der Waals surface area contributed by atoms with E-state index in [-0.39, 0.29) is 6.61 Å². The minimum absolute atomic E-state index is 0.0279. The Morgan fingerprint density at radius 2 is 1.81 bits per heavy atom. The standard InChI is InChI=1S/C21H31N7O3/c1-3-27(4-2)20-23-19(22-7-12-29)24-21(25-20)28-10-8-26(9-11-28)14-16-5-6-17-18(13-16)31-15-30-17/h5-6,13,29H,3-4,7-12,14-15H2,1-2H3,(H,22,23,24,25). The highest BCUT2D eigenvalue weighted by Crippen LogP contribution is 2.33. The van der Waals surface area contributed by atoms with Crippen LogP contribution in [0.3, 0.4) is 0 Å². The summed E-state index contributed by atoms with van der Waals surface area (Å²) in [6, 6.07) is 6.14. The number of aliphatic hydroxyl groups is 1. The predicted octanol–water partition coefficient (Wildman–Crippen LogP) is 1.17. The van der Waals surface area contributed by atoms with Crippen LogP contribution in [-0.2, 0) is 6.54 Å². The Bertz CT molecular complexity index is 870. The molecule has 1 aromatic heterocycles. The van der Waals surface area contributed by atoms with Gasteiger partial charge in [0.05, 0.1) is 6.61 Å². The summed E-state index contributed by atoms with van der Waals surface area (Å²) in [6.07, 6.45) is 0. The largest absolute Gasteiger partial charge is 0.454 e. The Morgan fingerprint density at radius 3 is 2.55 bits per heavy atom. The number of ether oxygens (including phenoxy) is 2. The van der Waals surface area contributed by atoms with E-state index >= 15 is 0 Å². The van der Waals surface area contributed by atoms with Gasteiger partial charge in [-0.05, 0) is 31.5 Å². The second-order valence-corrected chi connectivity index (χ2v) is 7.53. The van der Waals surface area contributed by atoms with Crippen molar-refractivity contribution < 1.29 is 14.6 Å². The molecule has 0 bridgehead atoms. The topological polar surface area (TPSA) is 99.1 Å². The van der Waals surface area contributed by atoms with Gasteiger partial charge < -0.3 is 29.7 Å². The van der Waals surface area contributed by atoms with E-state index < -0.39 is 0 Å². The maximum absolute atomic E-state index is 9.14. The fourth-order valence-corrected chi connectivity index (χ4v) is 3.79. The number of fused-ring (bicyclic) bond motifs is 1. The molecule has 2 aliphatic heterocycles. The fourth-order valence-electron chi connectivity index (χ4n) is 3.79. The quantitative estimate of drug-likeness (QED) is 0.604. The van der Waals surface area contributed by atoms with Gasteiger partial charge in [-0.15, -0.1) is 0 Å². The molecule has 10 heteroatoms. The molecule has 0 amide bonds. The summed E-state index contributed by atoms with van der Waals surface area (Å²) < 4.78 is 10.9. The van der Waals surface area contributed by atoms with Crippen LogP contribution in [0.15, 0.2) is 18.2 Å². The van der Waals surface area contributed by atoms with E-state index in [9.17, 15) is 0 Å². The van der Waals surface area contributed by atoms with E-state index in [0.717, 1.165) is 57.3 Å². The number of hydrogen-bond donors (Lipinski definition) is 2. The molecule has 2 N–H and O–H groups in total. The normalized spacial score (nSPS) is 15.9. The number of nitrogens with zero attached hydrogens (tertiary/aromatic N) is 6. The average molecular weight is 430 g/mol. The zero-order valence-corrected chi connectivity index (χ0v) is 18.3. The minimum atomic E-state index is 0.0279. The molecular weight excluding hydrogens is 398 g/mol. The van der Waals surface area contributed by atoms with Crippen molar-refractivity contribution in [3.8, 4) is 11.5 Å². The lowest BCUT2D eigenvalue weighted by Gasteiger charge is -2.35. The summed E-state index contributed by atoms with van der Waals surface area (Å²) in [6.45, 7) is 10.9. The third-order valence-electron chi connectivity index (χ3n) is 5.55. The van der Waals surface area contributed by atoms with Gasteiger partial charge in [0, 0.05) is 52.4 Å². The first-order chi connectivity index (χ1) is 15.2. The molecule has 0 radical (unpaired) electrons. The van der Waals surface area contributed by atoms with E-state index in [4.69, 9.17) is 19.6 Å². The first-order valence-electron chi connectivity index (χ1n) is 10.9. The van der Waals surface area contributed by atoms with E-state index in [1.165, 1.54) is 5.56 Å². The first kappa shape index (κ1) is 21.4. The lowest BCUT2D eigenvalue weighted by Crippen LogP contribution is -2.46. The third-order valence-corrected chi connectivity index (χ3v) is 5.55. The number of aliphatic hydroxyl groups excluding tert-OH is 1. The third kappa shape index (κ3) is 5.08. The molecule has 31 heavy (non-hydrogen) atoms. The molecule has 4 rings (SSSR count). The molecule has 0 saturated carbocycles. The van der Waals surface area contributed by atoms with Crippen LogP contribution in [0.2, 0.25) is 0 Å². The van der Waals surface area contributed by atoms with Crippen molar-refractivity contribution in [2.24, 2.45) is 0 Å². The summed E-state index contributed by atoms with van der Waals surface area (Å²) in [5.74, 6) is 3.49. The molecule has 0 aliphatic carbocycles. The van der Waals surface area contributed by atoms with Crippen LogP contribution in [0.1, 0.15) is 19.4 Å². The highest BCUT2D eigenvalue weighted by molar-refractivity contribution is 5.46. The van der Waals surface area contributed by atoms with Crippen molar-refractivity contribution in [2.45, 2.75) is 20.4 Å².